The van der Waals surface area contributed by atoms with Crippen LogP contribution in [0, 0.1) is 0 Å². The third-order valence-corrected chi connectivity index (χ3v) is 8.46. The standard InChI is InChI=1S/C25H29N3O6S2/c1-4-27(5-2)36(32,33)22-17-15-20(16-18-22)26-25(29)19-28(35(3,30)31)23-13-9-10-14-24(23)34-21-11-7-6-8-12-21/h6-18H,4-5,19H2,1-3H3,(H,26,29). The molecule has 1 amide bonds. The van der Waals surface area contributed by atoms with Crippen LogP contribution in [0.5, 0.6) is 11.5 Å². The molecule has 0 saturated carbocycles. The summed E-state index contributed by atoms with van der Waals surface area (Å²) in [6.45, 7) is 3.69. The van der Waals surface area contributed by atoms with Gasteiger partial charge in [-0.25, -0.2) is 16.8 Å². The highest BCUT2D eigenvalue weighted by Gasteiger charge is 2.25. The number of sulfonamides is 2. The van der Waals surface area contributed by atoms with Gasteiger partial charge in [-0.15, -0.1) is 0 Å². The fourth-order valence-corrected chi connectivity index (χ4v) is 5.82. The van der Waals surface area contributed by atoms with Gasteiger partial charge in [0, 0.05) is 18.8 Å². The Morgan fingerprint density at radius 1 is 0.833 bits per heavy atom. The molecule has 0 aliphatic carbocycles. The molecule has 0 aliphatic rings. The van der Waals surface area contributed by atoms with E-state index in [9.17, 15) is 21.6 Å². The molecule has 3 aromatic carbocycles. The Balaban J connectivity index is 1.80. The van der Waals surface area contributed by atoms with Crippen molar-refractivity contribution in [3.63, 3.8) is 0 Å². The molecule has 0 fully saturated rings. The smallest absolute Gasteiger partial charge is 0.245 e. The summed E-state index contributed by atoms with van der Waals surface area (Å²) in [5.74, 6) is 0.185. The van der Waals surface area contributed by atoms with Crippen LogP contribution in [0.4, 0.5) is 11.4 Å². The van der Waals surface area contributed by atoms with Gasteiger partial charge in [-0.2, -0.15) is 4.31 Å². The Labute approximate surface area is 212 Å². The van der Waals surface area contributed by atoms with Crippen molar-refractivity contribution in [2.24, 2.45) is 0 Å². The molecular weight excluding hydrogens is 502 g/mol. The summed E-state index contributed by atoms with van der Waals surface area (Å²) in [4.78, 5) is 12.9. The van der Waals surface area contributed by atoms with Crippen LogP contribution < -0.4 is 14.4 Å². The highest BCUT2D eigenvalue weighted by molar-refractivity contribution is 7.92. The number of benzene rings is 3. The fraction of sp³-hybridized carbons (Fsp3) is 0.240. The zero-order chi connectivity index (χ0) is 26.3. The molecule has 3 aromatic rings. The molecule has 0 unspecified atom stereocenters. The Hall–Kier alpha value is -3.41. The molecule has 0 saturated heterocycles. The van der Waals surface area contributed by atoms with Crippen LogP contribution >= 0.6 is 0 Å². The van der Waals surface area contributed by atoms with Gasteiger partial charge in [-0.1, -0.05) is 44.2 Å². The lowest BCUT2D eigenvalue weighted by Gasteiger charge is -2.24. The fourth-order valence-electron chi connectivity index (χ4n) is 3.50. The second-order valence-electron chi connectivity index (χ2n) is 7.81. The van der Waals surface area contributed by atoms with Gasteiger partial charge in [-0.05, 0) is 48.5 Å². The lowest BCUT2D eigenvalue weighted by atomic mass is 10.2. The summed E-state index contributed by atoms with van der Waals surface area (Å²) < 4.78 is 58.7. The minimum Gasteiger partial charge on any atom is -0.455 e. The zero-order valence-corrected chi connectivity index (χ0v) is 21.9. The van der Waals surface area contributed by atoms with Crippen molar-refractivity contribution in [3.05, 3.63) is 78.9 Å². The predicted octanol–water partition coefficient (Wildman–Crippen LogP) is 3.91. The molecule has 192 valence electrons. The number of carbonyl (C=O) groups is 1. The summed E-state index contributed by atoms with van der Waals surface area (Å²) in [5, 5.41) is 2.62. The van der Waals surface area contributed by atoms with E-state index in [-0.39, 0.29) is 16.3 Å². The summed E-state index contributed by atoms with van der Waals surface area (Å²) in [5.41, 5.74) is 0.542. The quantitative estimate of drug-likeness (QED) is 0.401. The van der Waals surface area contributed by atoms with Crippen molar-refractivity contribution in [3.8, 4) is 11.5 Å². The molecular formula is C25H29N3O6S2. The number of para-hydroxylation sites is 3. The molecule has 0 aromatic heterocycles. The summed E-state index contributed by atoms with van der Waals surface area (Å²) in [6.07, 6.45) is 1.01. The monoisotopic (exact) mass is 531 g/mol. The second-order valence-corrected chi connectivity index (χ2v) is 11.7. The average Bonchev–Trinajstić information content (AvgIpc) is 2.84. The molecule has 0 atom stereocenters. The number of nitrogens with zero attached hydrogens (tertiary/aromatic N) is 2. The third-order valence-electron chi connectivity index (χ3n) is 5.27. The summed E-state index contributed by atoms with van der Waals surface area (Å²) in [7, 11) is -7.49. The molecule has 11 heteroatoms. The number of hydrogen-bond acceptors (Lipinski definition) is 6. The van der Waals surface area contributed by atoms with Crippen molar-refractivity contribution in [2.45, 2.75) is 18.7 Å². The molecule has 36 heavy (non-hydrogen) atoms. The van der Waals surface area contributed by atoms with E-state index in [1.54, 1.807) is 62.4 Å². The maximum atomic E-state index is 12.8. The largest absolute Gasteiger partial charge is 0.455 e. The average molecular weight is 532 g/mol. The number of ether oxygens (including phenoxy) is 1. The van der Waals surface area contributed by atoms with Gasteiger partial charge >= 0.3 is 0 Å². The first-order valence-corrected chi connectivity index (χ1v) is 14.5. The predicted molar refractivity (Wildman–Crippen MR) is 140 cm³/mol. The zero-order valence-electron chi connectivity index (χ0n) is 20.3. The van der Waals surface area contributed by atoms with Crippen molar-refractivity contribution in [2.75, 3.05) is 35.5 Å². The van der Waals surface area contributed by atoms with E-state index in [0.717, 1.165) is 10.6 Å². The molecule has 0 radical (unpaired) electrons. The van der Waals surface area contributed by atoms with E-state index in [4.69, 9.17) is 4.74 Å². The van der Waals surface area contributed by atoms with E-state index in [0.29, 0.717) is 24.5 Å². The number of amides is 1. The second kappa shape index (κ2) is 11.5. The molecule has 0 spiro atoms. The lowest BCUT2D eigenvalue weighted by molar-refractivity contribution is -0.114. The van der Waals surface area contributed by atoms with E-state index in [1.165, 1.54) is 28.6 Å². The highest BCUT2D eigenvalue weighted by atomic mass is 32.2. The topological polar surface area (TPSA) is 113 Å². The van der Waals surface area contributed by atoms with E-state index >= 15 is 0 Å². The molecule has 1 N–H and O–H groups in total. The molecule has 0 heterocycles. The van der Waals surface area contributed by atoms with Gasteiger partial charge in [0.15, 0.2) is 5.75 Å². The number of carbonyl (C=O) groups excluding carboxylic acids is 1. The number of hydrogen-bond donors (Lipinski definition) is 1. The van der Waals surface area contributed by atoms with Crippen molar-refractivity contribution < 1.29 is 26.4 Å². The van der Waals surface area contributed by atoms with Crippen LogP contribution in [-0.4, -0.2) is 52.9 Å². The minimum absolute atomic E-state index is 0.106. The SMILES string of the molecule is CCN(CC)S(=O)(=O)c1ccc(NC(=O)CN(c2ccccc2Oc2ccccc2)S(C)(=O)=O)cc1. The first-order valence-electron chi connectivity index (χ1n) is 11.3. The van der Waals surface area contributed by atoms with E-state index in [1.807, 2.05) is 6.07 Å². The van der Waals surface area contributed by atoms with Gasteiger partial charge in [0.2, 0.25) is 26.0 Å². The number of nitrogens with one attached hydrogen (secondary N) is 1. The molecule has 3 rings (SSSR count). The van der Waals surface area contributed by atoms with Crippen LogP contribution in [0.3, 0.4) is 0 Å². The Morgan fingerprint density at radius 2 is 1.42 bits per heavy atom. The summed E-state index contributed by atoms with van der Waals surface area (Å²) >= 11 is 0. The maximum Gasteiger partial charge on any atom is 0.245 e. The summed E-state index contributed by atoms with van der Waals surface area (Å²) in [6, 6.07) is 21.1. The van der Waals surface area contributed by atoms with Crippen molar-refractivity contribution >= 4 is 37.3 Å². The van der Waals surface area contributed by atoms with Crippen LogP contribution in [0.25, 0.3) is 0 Å². The first kappa shape index (κ1) is 27.2. The van der Waals surface area contributed by atoms with Gasteiger partial charge in [-0.3, -0.25) is 9.10 Å². The Bertz CT molecular complexity index is 1390. The minimum atomic E-state index is -3.85. The Kier molecular flexibility index (Phi) is 8.72. The van der Waals surface area contributed by atoms with Gasteiger partial charge in [0.25, 0.3) is 0 Å². The number of rotatable bonds is 11. The van der Waals surface area contributed by atoms with E-state index < -0.39 is 32.5 Å². The highest BCUT2D eigenvalue weighted by Crippen LogP contribution is 2.33. The number of anilines is 2. The van der Waals surface area contributed by atoms with Gasteiger partial charge in [0.1, 0.15) is 12.3 Å². The third kappa shape index (κ3) is 6.62. The van der Waals surface area contributed by atoms with Crippen molar-refractivity contribution in [1.82, 2.24) is 4.31 Å². The maximum absolute atomic E-state index is 12.8. The molecule has 0 aliphatic heterocycles. The van der Waals surface area contributed by atoms with Crippen LogP contribution in [0.15, 0.2) is 83.8 Å². The van der Waals surface area contributed by atoms with Crippen LogP contribution in [0.1, 0.15) is 13.8 Å². The molecule has 0 bridgehead atoms. The van der Waals surface area contributed by atoms with Crippen LogP contribution in [0.2, 0.25) is 0 Å². The lowest BCUT2D eigenvalue weighted by Crippen LogP contribution is -2.37. The van der Waals surface area contributed by atoms with Gasteiger partial charge < -0.3 is 10.1 Å². The van der Waals surface area contributed by atoms with E-state index in [2.05, 4.69) is 5.32 Å². The van der Waals surface area contributed by atoms with Crippen LogP contribution in [-0.2, 0) is 24.8 Å². The normalized spacial score (nSPS) is 11.8. The van der Waals surface area contributed by atoms with Gasteiger partial charge in [0.05, 0.1) is 16.8 Å². The van der Waals surface area contributed by atoms with Crippen molar-refractivity contribution in [1.29, 1.82) is 0 Å². The first-order chi connectivity index (χ1) is 17.1. The Morgan fingerprint density at radius 3 is 2.00 bits per heavy atom. The molecule has 9 nitrogen and oxygen atoms in total.